The van der Waals surface area contributed by atoms with Crippen LogP contribution in [-0.2, 0) is 9.59 Å². The van der Waals surface area contributed by atoms with E-state index in [0.29, 0.717) is 13.1 Å². The number of halogens is 6. The van der Waals surface area contributed by atoms with Crippen LogP contribution in [0, 0.1) is 0 Å². The summed E-state index contributed by atoms with van der Waals surface area (Å²) in [5, 5.41) is 5.18. The first-order chi connectivity index (χ1) is 12.0. The molecule has 0 spiro atoms. The Balaban J connectivity index is 2.07. The molecule has 0 radical (unpaired) electrons. The Morgan fingerprint density at radius 1 is 0.692 bits per heavy atom. The molecule has 12 heteroatoms. The van der Waals surface area contributed by atoms with Gasteiger partial charge in [-0.1, -0.05) is 69.6 Å². The molecular weight excluding hydrogens is 469 g/mol. The lowest BCUT2D eigenvalue weighted by atomic mass is 10.2. The van der Waals surface area contributed by atoms with E-state index >= 15 is 0 Å². The number of amides is 2. The van der Waals surface area contributed by atoms with Crippen LogP contribution in [0.4, 0.5) is 0 Å². The lowest BCUT2D eigenvalue weighted by Gasteiger charge is -2.34. The van der Waals surface area contributed by atoms with E-state index in [4.69, 9.17) is 69.6 Å². The Morgan fingerprint density at radius 2 is 1.00 bits per heavy atom. The molecule has 6 nitrogen and oxygen atoms in total. The third-order valence-electron chi connectivity index (χ3n) is 3.85. The van der Waals surface area contributed by atoms with Crippen LogP contribution < -0.4 is 10.6 Å². The van der Waals surface area contributed by atoms with Crippen LogP contribution >= 0.6 is 69.6 Å². The maximum Gasteiger partial charge on any atom is 0.272 e. The van der Waals surface area contributed by atoms with Crippen molar-refractivity contribution < 1.29 is 9.59 Å². The Bertz CT molecular complexity index is 419. The SMILES string of the molecule is O=C(NCCCN1CCN(CCCNC(=O)C(Cl)(Cl)Cl)CC1)C(Cl)(Cl)Cl. The quantitative estimate of drug-likeness (QED) is 0.405. The van der Waals surface area contributed by atoms with E-state index in [-0.39, 0.29) is 0 Å². The molecule has 2 amide bonds. The molecule has 1 rings (SSSR count). The van der Waals surface area contributed by atoms with Crippen molar-refractivity contribution in [2.75, 3.05) is 52.4 Å². The van der Waals surface area contributed by atoms with Crippen molar-refractivity contribution in [1.29, 1.82) is 0 Å². The largest absolute Gasteiger partial charge is 0.352 e. The van der Waals surface area contributed by atoms with Gasteiger partial charge in [0.25, 0.3) is 19.4 Å². The average Bonchev–Trinajstić information content (AvgIpc) is 2.54. The number of nitrogens with zero attached hydrogens (tertiary/aromatic N) is 2. The average molecular weight is 491 g/mol. The van der Waals surface area contributed by atoms with Crippen LogP contribution in [0.3, 0.4) is 0 Å². The van der Waals surface area contributed by atoms with Gasteiger partial charge >= 0.3 is 0 Å². The molecule has 0 aromatic carbocycles. The van der Waals surface area contributed by atoms with E-state index in [0.717, 1.165) is 52.1 Å². The number of hydrogen-bond acceptors (Lipinski definition) is 4. The van der Waals surface area contributed by atoms with Crippen molar-refractivity contribution in [2.45, 2.75) is 20.4 Å². The topological polar surface area (TPSA) is 64.7 Å². The molecule has 0 unspecified atom stereocenters. The predicted octanol–water partition coefficient (Wildman–Crippen LogP) is 2.36. The van der Waals surface area contributed by atoms with Crippen molar-refractivity contribution in [1.82, 2.24) is 20.4 Å². The fraction of sp³-hybridized carbons (Fsp3) is 0.857. The molecule has 0 aromatic rings. The molecule has 0 aliphatic carbocycles. The number of nitrogens with one attached hydrogen (secondary N) is 2. The summed E-state index contributed by atoms with van der Waals surface area (Å²) in [6.45, 7) is 6.45. The molecule has 1 aliphatic rings. The van der Waals surface area contributed by atoms with Crippen molar-refractivity contribution in [3.63, 3.8) is 0 Å². The third kappa shape index (κ3) is 10.2. The van der Waals surface area contributed by atoms with Gasteiger partial charge in [-0.25, -0.2) is 0 Å². The molecule has 0 aromatic heterocycles. The van der Waals surface area contributed by atoms with Crippen LogP contribution in [0.5, 0.6) is 0 Å². The molecule has 2 N–H and O–H groups in total. The maximum absolute atomic E-state index is 11.4. The van der Waals surface area contributed by atoms with E-state index in [9.17, 15) is 9.59 Å². The minimum Gasteiger partial charge on any atom is -0.352 e. The summed E-state index contributed by atoms with van der Waals surface area (Å²) in [5.41, 5.74) is 0. The summed E-state index contributed by atoms with van der Waals surface area (Å²) in [6.07, 6.45) is 1.57. The summed E-state index contributed by atoms with van der Waals surface area (Å²) >= 11 is 32.9. The van der Waals surface area contributed by atoms with Crippen molar-refractivity contribution in [3.05, 3.63) is 0 Å². The lowest BCUT2D eigenvalue weighted by Crippen LogP contribution is -2.47. The fourth-order valence-corrected chi connectivity index (χ4v) is 2.85. The molecule has 1 aliphatic heterocycles. The van der Waals surface area contributed by atoms with Crippen molar-refractivity contribution >= 4 is 81.4 Å². The summed E-state index contributed by atoms with van der Waals surface area (Å²) in [4.78, 5) is 27.5. The first kappa shape index (κ1) is 24.6. The number of carbonyl (C=O) groups excluding carboxylic acids is 2. The minimum atomic E-state index is -1.91. The predicted molar refractivity (Wildman–Crippen MR) is 109 cm³/mol. The minimum absolute atomic E-state index is 0.468. The molecule has 152 valence electrons. The lowest BCUT2D eigenvalue weighted by molar-refractivity contribution is -0.121. The summed E-state index contributed by atoms with van der Waals surface area (Å²) in [6, 6.07) is 0. The van der Waals surface area contributed by atoms with Crippen LogP contribution in [0.25, 0.3) is 0 Å². The number of carbonyl (C=O) groups is 2. The van der Waals surface area contributed by atoms with Crippen molar-refractivity contribution in [3.8, 4) is 0 Å². The molecule has 1 heterocycles. The zero-order valence-corrected chi connectivity index (χ0v) is 18.6. The van der Waals surface area contributed by atoms with Gasteiger partial charge in [0.15, 0.2) is 0 Å². The standard InChI is InChI=1S/C14H22Cl6N4O2/c15-13(16,17)11(25)21-3-1-5-23-7-9-24(10-8-23)6-2-4-22-12(26)14(18,19)20/h1-10H2,(H,21,25)(H,22,26). The van der Waals surface area contributed by atoms with Crippen LogP contribution in [-0.4, -0.2) is 81.6 Å². The highest BCUT2D eigenvalue weighted by Gasteiger charge is 2.30. The van der Waals surface area contributed by atoms with Gasteiger partial charge in [-0.2, -0.15) is 0 Å². The summed E-state index contributed by atoms with van der Waals surface area (Å²) in [5.74, 6) is -1.21. The van der Waals surface area contributed by atoms with Gasteiger partial charge in [-0.15, -0.1) is 0 Å². The van der Waals surface area contributed by atoms with E-state index in [1.54, 1.807) is 0 Å². The molecule has 0 saturated carbocycles. The Hall–Kier alpha value is 0.600. The Morgan fingerprint density at radius 3 is 1.27 bits per heavy atom. The number of rotatable bonds is 8. The van der Waals surface area contributed by atoms with Gasteiger partial charge in [-0.05, 0) is 25.9 Å². The van der Waals surface area contributed by atoms with Gasteiger partial charge in [0.05, 0.1) is 0 Å². The van der Waals surface area contributed by atoms with E-state index < -0.39 is 19.4 Å². The van der Waals surface area contributed by atoms with Gasteiger partial charge in [-0.3, -0.25) is 9.59 Å². The first-order valence-electron chi connectivity index (χ1n) is 8.15. The smallest absolute Gasteiger partial charge is 0.272 e. The molecular formula is C14H22Cl6N4O2. The highest BCUT2D eigenvalue weighted by atomic mass is 35.6. The van der Waals surface area contributed by atoms with Gasteiger partial charge in [0.2, 0.25) is 0 Å². The second-order valence-corrected chi connectivity index (χ2v) is 10.5. The number of alkyl halides is 6. The monoisotopic (exact) mass is 488 g/mol. The molecule has 26 heavy (non-hydrogen) atoms. The number of piperazine rings is 1. The van der Waals surface area contributed by atoms with E-state index in [2.05, 4.69) is 20.4 Å². The third-order valence-corrected chi connectivity index (χ3v) is 4.88. The van der Waals surface area contributed by atoms with E-state index in [1.165, 1.54) is 0 Å². The zero-order chi connectivity index (χ0) is 19.8. The highest BCUT2D eigenvalue weighted by Crippen LogP contribution is 2.26. The Labute approximate surface area is 183 Å². The highest BCUT2D eigenvalue weighted by molar-refractivity contribution is 6.76. The maximum atomic E-state index is 11.4. The molecule has 0 bridgehead atoms. The molecule has 1 fully saturated rings. The van der Waals surface area contributed by atoms with Crippen LogP contribution in [0.2, 0.25) is 0 Å². The molecule has 0 atom stereocenters. The van der Waals surface area contributed by atoms with Crippen LogP contribution in [0.15, 0.2) is 0 Å². The van der Waals surface area contributed by atoms with Crippen LogP contribution in [0.1, 0.15) is 12.8 Å². The normalized spacial score (nSPS) is 17.2. The summed E-state index contributed by atoms with van der Waals surface area (Å²) in [7, 11) is 0. The number of hydrogen-bond donors (Lipinski definition) is 2. The van der Waals surface area contributed by atoms with Gasteiger partial charge < -0.3 is 20.4 Å². The molecule has 1 saturated heterocycles. The Kier molecular flexibility index (Phi) is 11.0. The van der Waals surface area contributed by atoms with Gasteiger partial charge in [0, 0.05) is 39.3 Å². The first-order valence-corrected chi connectivity index (χ1v) is 10.4. The fourth-order valence-electron chi connectivity index (χ4n) is 2.45. The van der Waals surface area contributed by atoms with E-state index in [1.807, 2.05) is 0 Å². The van der Waals surface area contributed by atoms with Crippen molar-refractivity contribution in [2.24, 2.45) is 0 Å². The zero-order valence-electron chi connectivity index (χ0n) is 14.0. The second-order valence-electron chi connectivity index (χ2n) is 5.90. The summed E-state index contributed by atoms with van der Waals surface area (Å²) < 4.78 is -3.83. The van der Waals surface area contributed by atoms with Gasteiger partial charge in [0.1, 0.15) is 0 Å². The second kappa shape index (κ2) is 11.6.